The Kier molecular flexibility index (Phi) is 4.06. The first-order valence-electron chi connectivity index (χ1n) is 7.38. The fourth-order valence-electron chi connectivity index (χ4n) is 2.72. The summed E-state index contributed by atoms with van der Waals surface area (Å²) in [5.41, 5.74) is 2.11. The number of nitrogens with zero attached hydrogens (tertiary/aromatic N) is 1. The number of piperazine rings is 1. The first-order chi connectivity index (χ1) is 10.2. The summed E-state index contributed by atoms with van der Waals surface area (Å²) in [6, 6.07) is 7.79. The van der Waals surface area contributed by atoms with E-state index in [0.29, 0.717) is 12.8 Å². The molecular weight excluding hydrogens is 268 g/mol. The molecule has 0 aromatic heterocycles. The lowest BCUT2D eigenvalue weighted by Crippen LogP contribution is -2.47. The molecule has 1 unspecified atom stereocenters. The molecule has 21 heavy (non-hydrogen) atoms. The minimum absolute atomic E-state index is 0.188. The fraction of sp³-hybridized carbons (Fsp3) is 0.467. The Bertz CT molecular complexity index is 523. The Morgan fingerprint density at radius 3 is 2.48 bits per heavy atom. The lowest BCUT2D eigenvalue weighted by atomic mass is 10.1. The van der Waals surface area contributed by atoms with Crippen LogP contribution in [0.1, 0.15) is 12.8 Å². The number of carbonyl (C=O) groups is 2. The van der Waals surface area contributed by atoms with Gasteiger partial charge in [-0.05, 0) is 30.7 Å². The number of benzene rings is 1. The summed E-state index contributed by atoms with van der Waals surface area (Å²) in [5.74, 6) is -0.426. The van der Waals surface area contributed by atoms with Gasteiger partial charge in [0.15, 0.2) is 0 Å². The van der Waals surface area contributed by atoms with Gasteiger partial charge < -0.3 is 15.5 Å². The Morgan fingerprint density at radius 2 is 1.81 bits per heavy atom. The zero-order valence-corrected chi connectivity index (χ0v) is 11.9. The van der Waals surface area contributed by atoms with Crippen molar-refractivity contribution >= 4 is 23.2 Å². The van der Waals surface area contributed by atoms with E-state index in [4.69, 9.17) is 0 Å². The maximum atomic E-state index is 11.7. The highest BCUT2D eigenvalue weighted by Gasteiger charge is 2.26. The monoisotopic (exact) mass is 288 g/mol. The maximum Gasteiger partial charge on any atom is 0.249 e. The van der Waals surface area contributed by atoms with Gasteiger partial charge in [-0.2, -0.15) is 0 Å². The van der Waals surface area contributed by atoms with Gasteiger partial charge in [-0.1, -0.05) is 0 Å². The van der Waals surface area contributed by atoms with Crippen molar-refractivity contribution in [2.75, 3.05) is 36.4 Å². The number of nitrogens with one attached hydrogen (secondary N) is 3. The molecule has 3 rings (SSSR count). The molecule has 6 nitrogen and oxygen atoms in total. The van der Waals surface area contributed by atoms with Crippen molar-refractivity contribution in [2.24, 2.45) is 0 Å². The van der Waals surface area contributed by atoms with Crippen LogP contribution in [0.25, 0.3) is 0 Å². The molecule has 1 aromatic carbocycles. The second-order valence-corrected chi connectivity index (χ2v) is 5.43. The Balaban J connectivity index is 1.61. The predicted molar refractivity (Wildman–Crippen MR) is 81.3 cm³/mol. The summed E-state index contributed by atoms with van der Waals surface area (Å²) in [5, 5.41) is 8.88. The number of amides is 2. The summed E-state index contributed by atoms with van der Waals surface area (Å²) in [7, 11) is 0. The smallest absolute Gasteiger partial charge is 0.249 e. The standard InChI is InChI=1S/C15H20N4O2/c20-14-6-5-13(15(21)18-14)17-11-1-3-12(4-2-11)19-9-7-16-8-10-19/h1-4,13,16-17H,5-10H2,(H,18,20,21). The Morgan fingerprint density at radius 1 is 1.10 bits per heavy atom. The highest BCUT2D eigenvalue weighted by Crippen LogP contribution is 2.20. The first kappa shape index (κ1) is 13.9. The normalized spacial score (nSPS) is 22.9. The number of rotatable bonds is 3. The third-order valence-corrected chi connectivity index (χ3v) is 3.93. The van der Waals surface area contributed by atoms with Crippen LogP contribution in [0.3, 0.4) is 0 Å². The summed E-state index contributed by atoms with van der Waals surface area (Å²) >= 11 is 0. The molecule has 3 N–H and O–H groups in total. The van der Waals surface area contributed by atoms with Gasteiger partial charge in [-0.3, -0.25) is 14.9 Å². The van der Waals surface area contributed by atoms with Gasteiger partial charge in [0.2, 0.25) is 11.8 Å². The highest BCUT2D eigenvalue weighted by molar-refractivity contribution is 6.01. The molecule has 2 fully saturated rings. The van der Waals surface area contributed by atoms with Crippen LogP contribution in [-0.4, -0.2) is 44.0 Å². The van der Waals surface area contributed by atoms with Gasteiger partial charge in [0.05, 0.1) is 0 Å². The van der Waals surface area contributed by atoms with Gasteiger partial charge >= 0.3 is 0 Å². The molecule has 0 radical (unpaired) electrons. The molecule has 0 aliphatic carbocycles. The number of anilines is 2. The van der Waals surface area contributed by atoms with Crippen LogP contribution in [0.4, 0.5) is 11.4 Å². The molecule has 2 heterocycles. The molecular formula is C15H20N4O2. The average molecular weight is 288 g/mol. The summed E-state index contributed by atoms with van der Waals surface area (Å²) in [6.45, 7) is 4.05. The van der Waals surface area contributed by atoms with E-state index < -0.39 is 0 Å². The van der Waals surface area contributed by atoms with Crippen molar-refractivity contribution in [1.82, 2.24) is 10.6 Å². The third-order valence-electron chi connectivity index (χ3n) is 3.93. The number of piperidine rings is 1. The van der Waals surface area contributed by atoms with Crippen molar-refractivity contribution in [3.63, 3.8) is 0 Å². The SMILES string of the molecule is O=C1CCC(Nc2ccc(N3CCNCC3)cc2)C(=O)N1. The molecule has 0 spiro atoms. The van der Waals surface area contributed by atoms with E-state index >= 15 is 0 Å². The molecule has 1 aromatic rings. The van der Waals surface area contributed by atoms with Gasteiger partial charge in [0, 0.05) is 44.0 Å². The minimum atomic E-state index is -0.326. The van der Waals surface area contributed by atoms with Gasteiger partial charge in [0.1, 0.15) is 6.04 Å². The number of hydrogen-bond acceptors (Lipinski definition) is 5. The summed E-state index contributed by atoms with van der Waals surface area (Å²) in [4.78, 5) is 25.2. The van der Waals surface area contributed by atoms with E-state index in [1.165, 1.54) is 5.69 Å². The van der Waals surface area contributed by atoms with E-state index in [9.17, 15) is 9.59 Å². The number of hydrogen-bond donors (Lipinski definition) is 3. The number of imide groups is 1. The maximum absolute atomic E-state index is 11.7. The van der Waals surface area contributed by atoms with E-state index in [1.54, 1.807) is 0 Å². The zero-order valence-electron chi connectivity index (χ0n) is 11.9. The van der Waals surface area contributed by atoms with Crippen LogP contribution in [0.5, 0.6) is 0 Å². The van der Waals surface area contributed by atoms with Crippen LogP contribution in [0.2, 0.25) is 0 Å². The topological polar surface area (TPSA) is 73.5 Å². The molecule has 0 bridgehead atoms. The van der Waals surface area contributed by atoms with Crippen molar-refractivity contribution < 1.29 is 9.59 Å². The van der Waals surface area contributed by atoms with E-state index in [2.05, 4.69) is 33.0 Å². The fourth-order valence-corrected chi connectivity index (χ4v) is 2.72. The van der Waals surface area contributed by atoms with Crippen LogP contribution in [0.15, 0.2) is 24.3 Å². The minimum Gasteiger partial charge on any atom is -0.374 e. The van der Waals surface area contributed by atoms with Crippen LogP contribution >= 0.6 is 0 Å². The van der Waals surface area contributed by atoms with Crippen molar-refractivity contribution in [2.45, 2.75) is 18.9 Å². The van der Waals surface area contributed by atoms with Crippen LogP contribution in [-0.2, 0) is 9.59 Å². The largest absolute Gasteiger partial charge is 0.374 e. The zero-order chi connectivity index (χ0) is 14.7. The third kappa shape index (κ3) is 3.33. The highest BCUT2D eigenvalue weighted by atomic mass is 16.2. The molecule has 6 heteroatoms. The molecule has 2 saturated heterocycles. The predicted octanol–water partition coefficient (Wildman–Crippen LogP) is 0.313. The molecule has 2 amide bonds. The summed E-state index contributed by atoms with van der Waals surface area (Å²) < 4.78 is 0. The molecule has 2 aliphatic rings. The first-order valence-corrected chi connectivity index (χ1v) is 7.38. The molecule has 0 saturated carbocycles. The quantitative estimate of drug-likeness (QED) is 0.698. The average Bonchev–Trinajstić information content (AvgIpc) is 2.52. The van der Waals surface area contributed by atoms with E-state index in [0.717, 1.165) is 31.9 Å². The molecule has 112 valence electrons. The van der Waals surface area contributed by atoms with Crippen molar-refractivity contribution in [3.8, 4) is 0 Å². The lowest BCUT2D eigenvalue weighted by molar-refractivity contribution is -0.133. The summed E-state index contributed by atoms with van der Waals surface area (Å²) in [6.07, 6.45) is 0.937. The van der Waals surface area contributed by atoms with Gasteiger partial charge in [-0.25, -0.2) is 0 Å². The number of carbonyl (C=O) groups excluding carboxylic acids is 2. The molecule has 2 aliphatic heterocycles. The van der Waals surface area contributed by atoms with E-state index in [-0.39, 0.29) is 17.9 Å². The van der Waals surface area contributed by atoms with Crippen LogP contribution in [0, 0.1) is 0 Å². The van der Waals surface area contributed by atoms with Crippen molar-refractivity contribution in [3.05, 3.63) is 24.3 Å². The lowest BCUT2D eigenvalue weighted by Gasteiger charge is -2.29. The second-order valence-electron chi connectivity index (χ2n) is 5.43. The second kappa shape index (κ2) is 6.13. The van der Waals surface area contributed by atoms with Crippen molar-refractivity contribution in [1.29, 1.82) is 0 Å². The van der Waals surface area contributed by atoms with Gasteiger partial charge in [-0.15, -0.1) is 0 Å². The Labute approximate surface area is 123 Å². The Hall–Kier alpha value is -2.08. The van der Waals surface area contributed by atoms with Gasteiger partial charge in [0.25, 0.3) is 0 Å². The molecule has 1 atom stereocenters. The van der Waals surface area contributed by atoms with E-state index in [1.807, 2.05) is 12.1 Å². The van der Waals surface area contributed by atoms with Crippen LogP contribution < -0.4 is 20.9 Å².